The van der Waals surface area contributed by atoms with Crippen LogP contribution < -0.4 is 4.74 Å². The van der Waals surface area contributed by atoms with Gasteiger partial charge in [0, 0.05) is 0 Å². The lowest BCUT2D eigenvalue weighted by Crippen LogP contribution is -2.09. The number of aliphatic hydroxyl groups excluding tert-OH is 1. The van der Waals surface area contributed by atoms with Crippen molar-refractivity contribution in [1.29, 1.82) is 0 Å². The summed E-state index contributed by atoms with van der Waals surface area (Å²) >= 11 is 0. The van der Waals surface area contributed by atoms with E-state index in [9.17, 15) is 4.39 Å². The first-order chi connectivity index (χ1) is 6.15. The maximum absolute atomic E-state index is 13.3. The molecule has 0 aliphatic rings. The Kier molecular flexibility index (Phi) is 3.25. The molecule has 0 aromatic heterocycles. The largest absolute Gasteiger partial charge is 0.497 e. The van der Waals surface area contributed by atoms with Gasteiger partial charge in [0.1, 0.15) is 5.75 Å². The van der Waals surface area contributed by atoms with Gasteiger partial charge in [0.2, 0.25) is 0 Å². The van der Waals surface area contributed by atoms with Crippen molar-refractivity contribution in [3.05, 3.63) is 29.8 Å². The van der Waals surface area contributed by atoms with Crippen molar-refractivity contribution in [2.24, 2.45) is 0 Å². The van der Waals surface area contributed by atoms with Crippen LogP contribution in [0.3, 0.4) is 0 Å². The normalized spacial score (nSPS) is 15.1. The number of benzene rings is 1. The molecule has 1 aromatic rings. The molecule has 0 heterocycles. The highest BCUT2D eigenvalue weighted by atomic mass is 19.1. The van der Waals surface area contributed by atoms with Crippen molar-refractivity contribution >= 4 is 0 Å². The van der Waals surface area contributed by atoms with Gasteiger partial charge in [0.15, 0.2) is 6.17 Å². The van der Waals surface area contributed by atoms with Gasteiger partial charge in [-0.2, -0.15) is 0 Å². The van der Waals surface area contributed by atoms with Crippen LogP contribution in [-0.4, -0.2) is 18.3 Å². The Bertz CT molecular complexity index is 273. The standard InChI is InChI=1S/C10H13FO2/c1-7(12)10(11)8-4-3-5-9(6-8)13-2/h3-7,10,12H,1-2H3. The first-order valence-corrected chi connectivity index (χ1v) is 4.11. The van der Waals surface area contributed by atoms with Gasteiger partial charge < -0.3 is 9.84 Å². The highest BCUT2D eigenvalue weighted by Crippen LogP contribution is 2.24. The summed E-state index contributed by atoms with van der Waals surface area (Å²) in [6.45, 7) is 1.42. The summed E-state index contributed by atoms with van der Waals surface area (Å²) in [5, 5.41) is 9.02. The van der Waals surface area contributed by atoms with E-state index in [2.05, 4.69) is 0 Å². The lowest BCUT2D eigenvalue weighted by molar-refractivity contribution is 0.0932. The van der Waals surface area contributed by atoms with Crippen molar-refractivity contribution in [2.75, 3.05) is 7.11 Å². The van der Waals surface area contributed by atoms with Gasteiger partial charge in [0.05, 0.1) is 13.2 Å². The van der Waals surface area contributed by atoms with Gasteiger partial charge in [-0.3, -0.25) is 0 Å². The number of hydrogen-bond donors (Lipinski definition) is 1. The van der Waals surface area contributed by atoms with Gasteiger partial charge in [-0.1, -0.05) is 12.1 Å². The molecule has 2 atom stereocenters. The SMILES string of the molecule is COc1cccc(C(F)C(C)O)c1. The van der Waals surface area contributed by atoms with E-state index in [0.29, 0.717) is 11.3 Å². The minimum atomic E-state index is -1.35. The van der Waals surface area contributed by atoms with Gasteiger partial charge in [-0.25, -0.2) is 4.39 Å². The molecule has 3 heteroatoms. The Morgan fingerprint density at radius 1 is 1.46 bits per heavy atom. The minimum Gasteiger partial charge on any atom is -0.497 e. The third-order valence-electron chi connectivity index (χ3n) is 1.84. The Morgan fingerprint density at radius 2 is 2.15 bits per heavy atom. The second-order valence-electron chi connectivity index (χ2n) is 2.92. The molecule has 2 nitrogen and oxygen atoms in total. The van der Waals surface area contributed by atoms with Gasteiger partial charge in [-0.05, 0) is 24.6 Å². The fraction of sp³-hybridized carbons (Fsp3) is 0.400. The van der Waals surface area contributed by atoms with Crippen LogP contribution in [0.5, 0.6) is 5.75 Å². The van der Waals surface area contributed by atoms with Crippen LogP contribution in [0.2, 0.25) is 0 Å². The van der Waals surface area contributed by atoms with Crippen LogP contribution in [0.25, 0.3) is 0 Å². The third-order valence-corrected chi connectivity index (χ3v) is 1.84. The van der Waals surface area contributed by atoms with Crippen molar-refractivity contribution in [3.63, 3.8) is 0 Å². The highest BCUT2D eigenvalue weighted by Gasteiger charge is 2.15. The zero-order valence-corrected chi connectivity index (χ0v) is 7.70. The van der Waals surface area contributed by atoms with Crippen LogP contribution in [0, 0.1) is 0 Å². The smallest absolute Gasteiger partial charge is 0.151 e. The molecule has 0 bridgehead atoms. The van der Waals surface area contributed by atoms with Crippen molar-refractivity contribution in [2.45, 2.75) is 19.2 Å². The van der Waals surface area contributed by atoms with Crippen molar-refractivity contribution in [1.82, 2.24) is 0 Å². The number of hydrogen-bond acceptors (Lipinski definition) is 2. The fourth-order valence-corrected chi connectivity index (χ4v) is 1.09. The zero-order valence-electron chi connectivity index (χ0n) is 7.70. The molecule has 0 amide bonds. The maximum atomic E-state index is 13.3. The lowest BCUT2D eigenvalue weighted by atomic mass is 10.1. The van der Waals surface area contributed by atoms with Crippen LogP contribution in [0.4, 0.5) is 4.39 Å². The highest BCUT2D eigenvalue weighted by molar-refractivity contribution is 5.30. The maximum Gasteiger partial charge on any atom is 0.151 e. The van der Waals surface area contributed by atoms with E-state index < -0.39 is 12.3 Å². The molecule has 13 heavy (non-hydrogen) atoms. The molecule has 0 aliphatic carbocycles. The molecule has 0 spiro atoms. The molecule has 72 valence electrons. The molecule has 1 rings (SSSR count). The molecule has 0 aliphatic heterocycles. The van der Waals surface area contributed by atoms with Crippen LogP contribution in [-0.2, 0) is 0 Å². The molecule has 0 fully saturated rings. The summed E-state index contributed by atoms with van der Waals surface area (Å²) in [6.07, 6.45) is -2.35. The summed E-state index contributed by atoms with van der Waals surface area (Å²) in [6, 6.07) is 6.64. The first-order valence-electron chi connectivity index (χ1n) is 4.11. The molecule has 1 N–H and O–H groups in total. The first kappa shape index (κ1) is 9.99. The molecular weight excluding hydrogens is 171 g/mol. The number of ether oxygens (including phenoxy) is 1. The summed E-state index contributed by atoms with van der Waals surface area (Å²) in [7, 11) is 1.52. The zero-order chi connectivity index (χ0) is 9.84. The van der Waals surface area contributed by atoms with Gasteiger partial charge in [-0.15, -0.1) is 0 Å². The van der Waals surface area contributed by atoms with Crippen LogP contribution in [0.15, 0.2) is 24.3 Å². The summed E-state index contributed by atoms with van der Waals surface area (Å²) in [4.78, 5) is 0. The average molecular weight is 184 g/mol. The van der Waals surface area contributed by atoms with E-state index in [1.54, 1.807) is 24.3 Å². The van der Waals surface area contributed by atoms with Gasteiger partial charge in [0.25, 0.3) is 0 Å². The van der Waals surface area contributed by atoms with E-state index in [0.717, 1.165) is 0 Å². The van der Waals surface area contributed by atoms with E-state index in [-0.39, 0.29) is 0 Å². The molecule has 0 saturated heterocycles. The summed E-state index contributed by atoms with van der Waals surface area (Å²) in [5.41, 5.74) is 0.439. The summed E-state index contributed by atoms with van der Waals surface area (Å²) in [5.74, 6) is 0.598. The monoisotopic (exact) mass is 184 g/mol. The molecule has 0 radical (unpaired) electrons. The number of methoxy groups -OCH3 is 1. The molecular formula is C10H13FO2. The van der Waals surface area contributed by atoms with E-state index >= 15 is 0 Å². The number of aliphatic hydroxyl groups is 1. The Morgan fingerprint density at radius 3 is 2.69 bits per heavy atom. The lowest BCUT2D eigenvalue weighted by Gasteiger charge is -2.11. The quantitative estimate of drug-likeness (QED) is 0.779. The predicted molar refractivity (Wildman–Crippen MR) is 48.5 cm³/mol. The predicted octanol–water partition coefficient (Wildman–Crippen LogP) is 2.09. The second kappa shape index (κ2) is 4.23. The van der Waals surface area contributed by atoms with Crippen LogP contribution in [0.1, 0.15) is 18.7 Å². The molecule has 1 aromatic carbocycles. The minimum absolute atomic E-state index is 0.439. The van der Waals surface area contributed by atoms with Crippen molar-refractivity contribution < 1.29 is 14.2 Å². The average Bonchev–Trinajstić information content (AvgIpc) is 2.16. The molecule has 2 unspecified atom stereocenters. The topological polar surface area (TPSA) is 29.5 Å². The molecule has 0 saturated carbocycles. The van der Waals surface area contributed by atoms with E-state index in [4.69, 9.17) is 9.84 Å². The van der Waals surface area contributed by atoms with E-state index in [1.807, 2.05) is 0 Å². The number of alkyl halides is 1. The van der Waals surface area contributed by atoms with Crippen LogP contribution >= 0.6 is 0 Å². The van der Waals surface area contributed by atoms with Crippen molar-refractivity contribution in [3.8, 4) is 5.75 Å². The third kappa shape index (κ3) is 2.42. The Hall–Kier alpha value is -1.09. The Balaban J connectivity index is 2.88. The Labute approximate surface area is 77.0 Å². The summed E-state index contributed by atoms with van der Waals surface area (Å²) < 4.78 is 18.2. The number of rotatable bonds is 3. The number of halogens is 1. The second-order valence-corrected chi connectivity index (χ2v) is 2.92. The van der Waals surface area contributed by atoms with Gasteiger partial charge >= 0.3 is 0 Å². The fourth-order valence-electron chi connectivity index (χ4n) is 1.09. The van der Waals surface area contributed by atoms with E-state index in [1.165, 1.54) is 14.0 Å².